The standard InChI is InChI=1S/C18H19N3O3S/c1-12-4-3-5-13(8-12)17(22)10-19-18-15-9-14(25(2,23)24)6-7-16(15)20-11-21-18/h3-9,11,17,22H,10H2,1-2H3,(H,19,20,21)/t17-/m0/s1. The van der Waals surface area contributed by atoms with Gasteiger partial charge in [-0.25, -0.2) is 18.4 Å². The van der Waals surface area contributed by atoms with E-state index >= 15 is 0 Å². The summed E-state index contributed by atoms with van der Waals surface area (Å²) < 4.78 is 23.5. The van der Waals surface area contributed by atoms with Gasteiger partial charge in [-0.05, 0) is 30.7 Å². The first-order valence-corrected chi connectivity index (χ1v) is 9.67. The minimum atomic E-state index is -3.32. The fourth-order valence-electron chi connectivity index (χ4n) is 2.60. The number of nitrogens with zero attached hydrogens (tertiary/aromatic N) is 2. The highest BCUT2D eigenvalue weighted by Crippen LogP contribution is 2.24. The van der Waals surface area contributed by atoms with Crippen LogP contribution in [0.3, 0.4) is 0 Å². The van der Waals surface area contributed by atoms with E-state index in [1.54, 1.807) is 12.1 Å². The molecule has 130 valence electrons. The van der Waals surface area contributed by atoms with Crippen LogP contribution in [0.1, 0.15) is 17.2 Å². The van der Waals surface area contributed by atoms with E-state index in [1.807, 2.05) is 31.2 Å². The third-order valence-corrected chi connectivity index (χ3v) is 5.03. The Morgan fingerprint density at radius 1 is 1.16 bits per heavy atom. The van der Waals surface area contributed by atoms with E-state index in [9.17, 15) is 13.5 Å². The van der Waals surface area contributed by atoms with Crippen LogP contribution in [0.2, 0.25) is 0 Å². The molecule has 0 bridgehead atoms. The van der Waals surface area contributed by atoms with E-state index in [4.69, 9.17) is 0 Å². The Kier molecular flexibility index (Phi) is 4.69. The second-order valence-corrected chi connectivity index (χ2v) is 8.00. The van der Waals surface area contributed by atoms with Crippen LogP contribution < -0.4 is 5.32 Å². The van der Waals surface area contributed by atoms with Crippen molar-refractivity contribution >= 4 is 26.6 Å². The molecule has 0 amide bonds. The van der Waals surface area contributed by atoms with Crippen LogP contribution in [0.25, 0.3) is 10.9 Å². The Bertz CT molecular complexity index is 1020. The summed E-state index contributed by atoms with van der Waals surface area (Å²) in [5, 5.41) is 14.0. The Morgan fingerprint density at radius 2 is 1.96 bits per heavy atom. The molecule has 0 radical (unpaired) electrons. The van der Waals surface area contributed by atoms with E-state index in [1.165, 1.54) is 12.4 Å². The van der Waals surface area contributed by atoms with Crippen molar-refractivity contribution in [3.63, 3.8) is 0 Å². The smallest absolute Gasteiger partial charge is 0.175 e. The minimum absolute atomic E-state index is 0.206. The molecule has 0 fully saturated rings. The summed E-state index contributed by atoms with van der Waals surface area (Å²) in [6.07, 6.45) is 1.86. The lowest BCUT2D eigenvalue weighted by molar-refractivity contribution is 0.191. The highest BCUT2D eigenvalue weighted by Gasteiger charge is 2.13. The number of anilines is 1. The predicted octanol–water partition coefficient (Wildman–Crippen LogP) is 2.49. The Morgan fingerprint density at radius 3 is 2.68 bits per heavy atom. The maximum absolute atomic E-state index is 11.8. The average Bonchev–Trinajstić information content (AvgIpc) is 2.58. The van der Waals surface area contributed by atoms with Gasteiger partial charge in [-0.2, -0.15) is 0 Å². The normalized spacial score (nSPS) is 12.9. The number of hydrogen-bond donors (Lipinski definition) is 2. The summed E-state index contributed by atoms with van der Waals surface area (Å²) in [4.78, 5) is 8.54. The second kappa shape index (κ2) is 6.78. The van der Waals surface area contributed by atoms with Crippen LogP contribution >= 0.6 is 0 Å². The third-order valence-electron chi connectivity index (χ3n) is 3.92. The van der Waals surface area contributed by atoms with E-state index < -0.39 is 15.9 Å². The molecule has 0 aliphatic heterocycles. The number of aliphatic hydroxyl groups excluding tert-OH is 1. The van der Waals surface area contributed by atoms with Crippen molar-refractivity contribution in [1.82, 2.24) is 9.97 Å². The second-order valence-electron chi connectivity index (χ2n) is 5.98. The molecule has 25 heavy (non-hydrogen) atoms. The van der Waals surface area contributed by atoms with Gasteiger partial charge in [0.1, 0.15) is 12.1 Å². The highest BCUT2D eigenvalue weighted by molar-refractivity contribution is 7.90. The molecule has 3 rings (SSSR count). The monoisotopic (exact) mass is 357 g/mol. The molecular weight excluding hydrogens is 338 g/mol. The largest absolute Gasteiger partial charge is 0.387 e. The van der Waals surface area contributed by atoms with E-state index in [2.05, 4.69) is 15.3 Å². The van der Waals surface area contributed by atoms with E-state index in [0.717, 1.165) is 17.4 Å². The number of hydrogen-bond acceptors (Lipinski definition) is 6. The van der Waals surface area contributed by atoms with Gasteiger partial charge in [0.05, 0.1) is 16.5 Å². The van der Waals surface area contributed by atoms with E-state index in [0.29, 0.717) is 16.7 Å². The van der Waals surface area contributed by atoms with Gasteiger partial charge < -0.3 is 10.4 Å². The van der Waals surface area contributed by atoms with Crippen molar-refractivity contribution in [2.24, 2.45) is 0 Å². The molecule has 7 heteroatoms. The molecule has 6 nitrogen and oxygen atoms in total. The van der Waals surface area contributed by atoms with Gasteiger partial charge in [-0.3, -0.25) is 0 Å². The number of benzene rings is 2. The molecule has 2 aromatic carbocycles. The third kappa shape index (κ3) is 3.94. The fourth-order valence-corrected chi connectivity index (χ4v) is 3.24. The molecule has 0 aliphatic carbocycles. The number of sulfone groups is 1. The van der Waals surface area contributed by atoms with Crippen LogP contribution in [-0.4, -0.2) is 36.3 Å². The van der Waals surface area contributed by atoms with Crippen LogP contribution in [0, 0.1) is 6.92 Å². The quantitative estimate of drug-likeness (QED) is 0.729. The summed E-state index contributed by atoms with van der Waals surface area (Å²) in [7, 11) is -3.32. The van der Waals surface area contributed by atoms with E-state index in [-0.39, 0.29) is 11.4 Å². The Labute approximate surface area is 146 Å². The summed E-state index contributed by atoms with van der Waals surface area (Å²) in [6.45, 7) is 2.22. The summed E-state index contributed by atoms with van der Waals surface area (Å²) in [5.41, 5.74) is 2.51. The summed E-state index contributed by atoms with van der Waals surface area (Å²) >= 11 is 0. The predicted molar refractivity (Wildman–Crippen MR) is 97.3 cm³/mol. The number of aromatic nitrogens is 2. The Hall–Kier alpha value is -2.51. The topological polar surface area (TPSA) is 92.2 Å². The van der Waals surface area contributed by atoms with Gasteiger partial charge in [0, 0.05) is 18.2 Å². The Balaban J connectivity index is 1.88. The number of rotatable bonds is 5. The summed E-state index contributed by atoms with van der Waals surface area (Å²) in [5.74, 6) is 0.488. The van der Waals surface area contributed by atoms with Crippen LogP contribution in [0.4, 0.5) is 5.82 Å². The molecule has 0 unspecified atom stereocenters. The molecule has 1 aromatic heterocycles. The maximum atomic E-state index is 11.8. The molecule has 1 atom stereocenters. The zero-order valence-electron chi connectivity index (χ0n) is 14.0. The lowest BCUT2D eigenvalue weighted by Crippen LogP contribution is -2.13. The van der Waals surface area contributed by atoms with Crippen LogP contribution in [-0.2, 0) is 9.84 Å². The van der Waals surface area contributed by atoms with Crippen molar-refractivity contribution in [2.75, 3.05) is 18.1 Å². The molecule has 0 spiro atoms. The van der Waals surface area contributed by atoms with Crippen molar-refractivity contribution in [1.29, 1.82) is 0 Å². The van der Waals surface area contributed by atoms with Gasteiger partial charge in [-0.15, -0.1) is 0 Å². The summed E-state index contributed by atoms with van der Waals surface area (Å²) in [6, 6.07) is 12.4. The van der Waals surface area contributed by atoms with Gasteiger partial charge in [-0.1, -0.05) is 29.8 Å². The minimum Gasteiger partial charge on any atom is -0.387 e. The first-order chi connectivity index (χ1) is 11.8. The first kappa shape index (κ1) is 17.3. The van der Waals surface area contributed by atoms with Crippen LogP contribution in [0.15, 0.2) is 53.7 Å². The number of nitrogens with one attached hydrogen (secondary N) is 1. The lowest BCUT2D eigenvalue weighted by Gasteiger charge is -2.14. The molecule has 2 N–H and O–H groups in total. The molecule has 3 aromatic rings. The van der Waals surface area contributed by atoms with Gasteiger partial charge >= 0.3 is 0 Å². The van der Waals surface area contributed by atoms with Crippen molar-refractivity contribution in [3.05, 3.63) is 59.9 Å². The highest BCUT2D eigenvalue weighted by atomic mass is 32.2. The lowest BCUT2D eigenvalue weighted by atomic mass is 10.1. The molecule has 0 aliphatic rings. The van der Waals surface area contributed by atoms with Crippen LogP contribution in [0.5, 0.6) is 0 Å². The molecule has 0 saturated heterocycles. The zero-order valence-corrected chi connectivity index (χ0v) is 14.8. The molecule has 1 heterocycles. The molecule has 0 saturated carbocycles. The molecular formula is C18H19N3O3S. The van der Waals surface area contributed by atoms with Crippen molar-refractivity contribution < 1.29 is 13.5 Å². The maximum Gasteiger partial charge on any atom is 0.175 e. The zero-order chi connectivity index (χ0) is 18.0. The van der Waals surface area contributed by atoms with Gasteiger partial charge in [0.2, 0.25) is 0 Å². The fraction of sp³-hybridized carbons (Fsp3) is 0.222. The number of fused-ring (bicyclic) bond motifs is 1. The SMILES string of the molecule is Cc1cccc([C@@H](O)CNc2ncnc3ccc(S(C)(=O)=O)cc23)c1. The van der Waals surface area contributed by atoms with Gasteiger partial charge in [0.25, 0.3) is 0 Å². The van der Waals surface area contributed by atoms with Gasteiger partial charge in [0.15, 0.2) is 9.84 Å². The number of aliphatic hydroxyl groups is 1. The van der Waals surface area contributed by atoms with Crippen molar-refractivity contribution in [2.45, 2.75) is 17.9 Å². The van der Waals surface area contributed by atoms with Crippen molar-refractivity contribution in [3.8, 4) is 0 Å². The number of aryl methyl sites for hydroxylation is 1. The first-order valence-electron chi connectivity index (χ1n) is 7.78. The average molecular weight is 357 g/mol.